The van der Waals surface area contributed by atoms with Crippen LogP contribution in [-0.2, 0) is 6.54 Å². The minimum atomic E-state index is -0.227. The van der Waals surface area contributed by atoms with Gasteiger partial charge in [-0.1, -0.05) is 29.3 Å². The highest BCUT2D eigenvalue weighted by molar-refractivity contribution is 6.36. The summed E-state index contributed by atoms with van der Waals surface area (Å²) in [6, 6.07) is 10.9. The van der Waals surface area contributed by atoms with Crippen molar-refractivity contribution in [3.8, 4) is 22.8 Å². The lowest BCUT2D eigenvalue weighted by Gasteiger charge is -2.15. The fourth-order valence-corrected chi connectivity index (χ4v) is 3.56. The second-order valence-corrected chi connectivity index (χ2v) is 7.05. The summed E-state index contributed by atoms with van der Waals surface area (Å²) in [6.45, 7) is 2.52. The van der Waals surface area contributed by atoms with Gasteiger partial charge < -0.3 is 19.8 Å². The molecule has 0 bridgehead atoms. The Morgan fingerprint density at radius 1 is 1.07 bits per heavy atom. The molecule has 27 heavy (non-hydrogen) atoms. The highest BCUT2D eigenvalue weighted by Gasteiger charge is 2.19. The maximum absolute atomic E-state index is 6.38. The molecule has 0 aliphatic heterocycles. The van der Waals surface area contributed by atoms with Crippen molar-refractivity contribution >= 4 is 23.2 Å². The molecule has 0 aliphatic carbocycles. The number of hydrogen-bond acceptors (Lipinski definition) is 4. The molecule has 2 aromatic carbocycles. The molecular weight excluding hydrogens is 385 g/mol. The molecule has 3 aromatic rings. The van der Waals surface area contributed by atoms with Crippen molar-refractivity contribution < 1.29 is 9.47 Å². The average Bonchev–Trinajstić information content (AvgIpc) is 3.05. The summed E-state index contributed by atoms with van der Waals surface area (Å²) in [6.07, 6.45) is 1.77. The van der Waals surface area contributed by atoms with Gasteiger partial charge in [0, 0.05) is 23.2 Å². The number of hydrogen-bond donors (Lipinski definition) is 1. The zero-order valence-corrected chi connectivity index (χ0v) is 16.9. The van der Waals surface area contributed by atoms with Crippen molar-refractivity contribution in [3.63, 3.8) is 0 Å². The number of imidazole rings is 1. The normalized spacial score (nSPS) is 12.1. The van der Waals surface area contributed by atoms with Crippen LogP contribution in [0.5, 0.6) is 11.5 Å². The third kappa shape index (κ3) is 4.05. The van der Waals surface area contributed by atoms with E-state index < -0.39 is 0 Å². The molecule has 0 fully saturated rings. The number of aromatic nitrogens is 2. The summed E-state index contributed by atoms with van der Waals surface area (Å²) in [5.74, 6) is 1.37. The number of nitrogens with zero attached hydrogens (tertiary/aromatic N) is 2. The van der Waals surface area contributed by atoms with Gasteiger partial charge in [-0.15, -0.1) is 0 Å². The summed E-state index contributed by atoms with van der Waals surface area (Å²) < 4.78 is 12.7. The van der Waals surface area contributed by atoms with Gasteiger partial charge in [-0.25, -0.2) is 4.98 Å². The second kappa shape index (κ2) is 8.21. The lowest BCUT2D eigenvalue weighted by atomic mass is 10.1. The van der Waals surface area contributed by atoms with Gasteiger partial charge in [0.25, 0.3) is 0 Å². The molecule has 142 valence electrons. The van der Waals surface area contributed by atoms with E-state index >= 15 is 0 Å². The highest BCUT2D eigenvalue weighted by atomic mass is 35.5. The van der Waals surface area contributed by atoms with E-state index in [-0.39, 0.29) is 6.04 Å². The Balaban J connectivity index is 2.01. The summed E-state index contributed by atoms with van der Waals surface area (Å²) in [5, 5.41) is 1.12. The molecule has 1 atom stereocenters. The summed E-state index contributed by atoms with van der Waals surface area (Å²) >= 11 is 12.4. The number of halogens is 2. The Hall–Kier alpha value is -2.21. The van der Waals surface area contributed by atoms with Crippen molar-refractivity contribution in [2.45, 2.75) is 19.5 Å². The van der Waals surface area contributed by atoms with Crippen LogP contribution < -0.4 is 15.2 Å². The zero-order valence-electron chi connectivity index (χ0n) is 15.4. The minimum Gasteiger partial charge on any atom is -0.493 e. The molecule has 0 amide bonds. The van der Waals surface area contributed by atoms with Gasteiger partial charge in [0.1, 0.15) is 0 Å². The van der Waals surface area contributed by atoms with Crippen molar-refractivity contribution in [3.05, 3.63) is 64.0 Å². The molecule has 0 spiro atoms. The van der Waals surface area contributed by atoms with Crippen LogP contribution in [0.1, 0.15) is 24.2 Å². The van der Waals surface area contributed by atoms with Gasteiger partial charge in [0.15, 0.2) is 11.5 Å². The standard InChI is InChI=1S/C20H21Cl2N3O2/c1-12(23)20-19(15-6-5-14(21)9-16(15)22)24-11-25(20)10-13-4-7-17(26-2)18(8-13)27-3/h4-9,11-12H,10,23H2,1-3H3. The first-order valence-electron chi connectivity index (χ1n) is 8.41. The molecule has 0 saturated heterocycles. The monoisotopic (exact) mass is 405 g/mol. The molecule has 0 saturated carbocycles. The molecule has 1 aromatic heterocycles. The molecular formula is C20H21Cl2N3O2. The smallest absolute Gasteiger partial charge is 0.161 e. The average molecular weight is 406 g/mol. The van der Waals surface area contributed by atoms with Crippen LogP contribution in [0.15, 0.2) is 42.7 Å². The van der Waals surface area contributed by atoms with Gasteiger partial charge in [0.2, 0.25) is 0 Å². The molecule has 1 unspecified atom stereocenters. The minimum absolute atomic E-state index is 0.227. The molecule has 7 heteroatoms. The van der Waals surface area contributed by atoms with Crippen LogP contribution in [0.25, 0.3) is 11.3 Å². The van der Waals surface area contributed by atoms with Crippen LogP contribution >= 0.6 is 23.2 Å². The largest absolute Gasteiger partial charge is 0.493 e. The predicted molar refractivity (Wildman–Crippen MR) is 109 cm³/mol. The fourth-order valence-electron chi connectivity index (χ4n) is 3.06. The topological polar surface area (TPSA) is 62.3 Å². The van der Waals surface area contributed by atoms with Gasteiger partial charge in [0.05, 0.1) is 37.0 Å². The van der Waals surface area contributed by atoms with Crippen molar-refractivity contribution in [1.82, 2.24) is 9.55 Å². The van der Waals surface area contributed by atoms with E-state index in [4.69, 9.17) is 38.4 Å². The van der Waals surface area contributed by atoms with Crippen LogP contribution in [0.3, 0.4) is 0 Å². The molecule has 2 N–H and O–H groups in total. The first-order valence-corrected chi connectivity index (χ1v) is 9.17. The molecule has 3 rings (SSSR count). The van der Waals surface area contributed by atoms with Crippen LogP contribution in [0.2, 0.25) is 10.0 Å². The SMILES string of the molecule is COc1ccc(Cn2cnc(-c3ccc(Cl)cc3Cl)c2C(C)N)cc1OC. The lowest BCUT2D eigenvalue weighted by molar-refractivity contribution is 0.354. The van der Waals surface area contributed by atoms with Gasteiger partial charge in [-0.2, -0.15) is 0 Å². The number of methoxy groups -OCH3 is 2. The van der Waals surface area contributed by atoms with Crippen molar-refractivity contribution in [2.75, 3.05) is 14.2 Å². The predicted octanol–water partition coefficient (Wildman–Crippen LogP) is 4.94. The van der Waals surface area contributed by atoms with Crippen LogP contribution in [0.4, 0.5) is 0 Å². The molecule has 1 heterocycles. The third-order valence-electron chi connectivity index (χ3n) is 4.30. The fraction of sp³-hybridized carbons (Fsp3) is 0.250. The number of benzene rings is 2. The molecule has 0 radical (unpaired) electrons. The Labute approximate surface area is 168 Å². The number of ether oxygens (including phenoxy) is 2. The Morgan fingerprint density at radius 2 is 1.81 bits per heavy atom. The van der Waals surface area contributed by atoms with Gasteiger partial charge >= 0.3 is 0 Å². The third-order valence-corrected chi connectivity index (χ3v) is 4.84. The number of rotatable bonds is 6. The summed E-state index contributed by atoms with van der Waals surface area (Å²) in [5.41, 5.74) is 9.76. The summed E-state index contributed by atoms with van der Waals surface area (Å²) in [4.78, 5) is 4.57. The van der Waals surface area contributed by atoms with E-state index in [1.165, 1.54) is 0 Å². The van der Waals surface area contributed by atoms with Crippen molar-refractivity contribution in [1.29, 1.82) is 0 Å². The number of nitrogens with two attached hydrogens (primary N) is 1. The molecule has 5 nitrogen and oxygen atoms in total. The van der Waals surface area contributed by atoms with E-state index in [9.17, 15) is 0 Å². The van der Waals surface area contributed by atoms with Crippen LogP contribution in [0, 0.1) is 0 Å². The Morgan fingerprint density at radius 3 is 2.44 bits per heavy atom. The highest BCUT2D eigenvalue weighted by Crippen LogP contribution is 2.34. The zero-order chi connectivity index (χ0) is 19.6. The Kier molecular flexibility index (Phi) is 5.95. The first-order chi connectivity index (χ1) is 12.9. The van der Waals surface area contributed by atoms with E-state index in [0.29, 0.717) is 28.1 Å². The quantitative estimate of drug-likeness (QED) is 0.630. The first kappa shape index (κ1) is 19.5. The van der Waals surface area contributed by atoms with Gasteiger partial charge in [-0.3, -0.25) is 0 Å². The Bertz CT molecular complexity index is 954. The van der Waals surface area contributed by atoms with Gasteiger partial charge in [-0.05, 0) is 42.8 Å². The maximum atomic E-state index is 6.38. The van der Waals surface area contributed by atoms with Crippen LogP contribution in [-0.4, -0.2) is 23.8 Å². The van der Waals surface area contributed by atoms with E-state index in [1.54, 1.807) is 32.7 Å². The maximum Gasteiger partial charge on any atom is 0.161 e. The van der Waals surface area contributed by atoms with Crippen molar-refractivity contribution in [2.24, 2.45) is 5.73 Å². The van der Waals surface area contributed by atoms with E-state index in [2.05, 4.69) is 4.98 Å². The van der Waals surface area contributed by atoms with E-state index in [0.717, 1.165) is 22.5 Å². The summed E-state index contributed by atoms with van der Waals surface area (Å²) in [7, 11) is 3.23. The molecule has 0 aliphatic rings. The lowest BCUT2D eigenvalue weighted by Crippen LogP contribution is -2.13. The second-order valence-electron chi connectivity index (χ2n) is 6.21. The van der Waals surface area contributed by atoms with E-state index in [1.807, 2.05) is 35.8 Å².